The molecule has 1 heterocycles. The molecule has 1 aliphatic heterocycles. The van der Waals surface area contributed by atoms with Crippen LogP contribution in [0.1, 0.15) is 20.8 Å². The average molecular weight is 301 g/mol. The number of hydrogen-bond donors (Lipinski definition) is 1. The zero-order chi connectivity index (χ0) is 15.1. The van der Waals surface area contributed by atoms with Gasteiger partial charge in [-0.2, -0.15) is 13.2 Å². The van der Waals surface area contributed by atoms with E-state index in [0.29, 0.717) is 0 Å². The van der Waals surface area contributed by atoms with Crippen LogP contribution in [0, 0.1) is 0 Å². The third-order valence-electron chi connectivity index (χ3n) is 2.25. The third kappa shape index (κ3) is 4.19. The summed E-state index contributed by atoms with van der Waals surface area (Å²) >= 11 is -0.611. The van der Waals surface area contributed by atoms with Crippen molar-refractivity contribution in [3.05, 3.63) is 0 Å². The first-order chi connectivity index (χ1) is 8.35. The van der Waals surface area contributed by atoms with Crippen molar-refractivity contribution in [2.24, 2.45) is 0 Å². The molecule has 1 saturated heterocycles. The Hall–Kier alpha value is -1.12. The average Bonchev–Trinajstić information content (AvgIpc) is 2.04. The Kier molecular flexibility index (Phi) is 4.00. The zero-order valence-corrected chi connectivity index (χ0v) is 11.4. The normalized spacial score (nSPS) is 18.7. The molecule has 0 radical (unpaired) electrons. The molecule has 0 aromatic carbocycles. The summed E-state index contributed by atoms with van der Waals surface area (Å²) in [6.07, 6.45) is -0.813. The smallest absolute Gasteiger partial charge is 0.443 e. The molecule has 0 unspecified atom stereocenters. The summed E-state index contributed by atoms with van der Waals surface area (Å²) in [6, 6.07) is 0. The van der Waals surface area contributed by atoms with E-state index in [-0.39, 0.29) is 0 Å². The molecule has 5 nitrogen and oxygen atoms in total. The van der Waals surface area contributed by atoms with Crippen LogP contribution in [0.3, 0.4) is 0 Å². The highest BCUT2D eigenvalue weighted by Crippen LogP contribution is 2.46. The topological polar surface area (TPSA) is 66.8 Å². The van der Waals surface area contributed by atoms with Gasteiger partial charge < -0.3 is 14.7 Å². The summed E-state index contributed by atoms with van der Waals surface area (Å²) in [5.41, 5.74) is -5.45. The molecule has 1 N–H and O–H groups in total. The SMILES string of the molecule is CC(C)(C)OC(=O)N1CC(SC(F)(F)F)(C(=O)O)C1. The van der Waals surface area contributed by atoms with Crippen LogP contribution in [0.4, 0.5) is 18.0 Å². The summed E-state index contributed by atoms with van der Waals surface area (Å²) < 4.78 is 39.8. The van der Waals surface area contributed by atoms with Gasteiger partial charge in [-0.15, -0.1) is 0 Å². The number of halogens is 3. The number of amides is 1. The zero-order valence-electron chi connectivity index (χ0n) is 10.6. The second-order valence-corrected chi connectivity index (χ2v) is 6.63. The Bertz CT molecular complexity index is 385. The van der Waals surface area contributed by atoms with Crippen LogP contribution < -0.4 is 0 Å². The number of hydrogen-bond acceptors (Lipinski definition) is 4. The van der Waals surface area contributed by atoms with Crippen molar-refractivity contribution >= 4 is 23.8 Å². The van der Waals surface area contributed by atoms with Gasteiger partial charge in [0, 0.05) is 0 Å². The number of ether oxygens (including phenoxy) is 1. The van der Waals surface area contributed by atoms with E-state index in [2.05, 4.69) is 0 Å². The number of likely N-dealkylation sites (tertiary alicyclic amines) is 1. The first kappa shape index (κ1) is 15.9. The predicted molar refractivity (Wildman–Crippen MR) is 61.8 cm³/mol. The molecular weight excluding hydrogens is 287 g/mol. The fourth-order valence-electron chi connectivity index (χ4n) is 1.49. The van der Waals surface area contributed by atoms with Gasteiger partial charge in [0.05, 0.1) is 13.1 Å². The molecule has 0 spiro atoms. The van der Waals surface area contributed by atoms with Crippen molar-refractivity contribution < 1.29 is 32.6 Å². The molecule has 9 heteroatoms. The fraction of sp³-hybridized carbons (Fsp3) is 0.800. The quantitative estimate of drug-likeness (QED) is 0.848. The molecule has 0 aromatic rings. The summed E-state index contributed by atoms with van der Waals surface area (Å²) in [7, 11) is 0. The molecule has 0 atom stereocenters. The number of carbonyl (C=O) groups is 2. The first-order valence-corrected chi connectivity index (χ1v) is 6.14. The molecule has 1 amide bonds. The van der Waals surface area contributed by atoms with Gasteiger partial charge >= 0.3 is 17.6 Å². The molecule has 0 saturated carbocycles. The summed E-state index contributed by atoms with van der Waals surface area (Å²) in [5.74, 6) is -1.59. The Balaban J connectivity index is 2.66. The van der Waals surface area contributed by atoms with Crippen molar-refractivity contribution in [1.82, 2.24) is 4.90 Å². The molecule has 1 aliphatic rings. The van der Waals surface area contributed by atoms with Crippen LogP contribution in [0.5, 0.6) is 0 Å². The number of alkyl halides is 3. The number of nitrogens with zero attached hydrogens (tertiary/aromatic N) is 1. The third-order valence-corrected chi connectivity index (χ3v) is 3.30. The van der Waals surface area contributed by atoms with Gasteiger partial charge in [0.25, 0.3) is 0 Å². The van der Waals surface area contributed by atoms with Crippen molar-refractivity contribution in [2.75, 3.05) is 13.1 Å². The Morgan fingerprint density at radius 3 is 2.05 bits per heavy atom. The van der Waals surface area contributed by atoms with Gasteiger partial charge in [0.15, 0.2) is 4.75 Å². The van der Waals surface area contributed by atoms with E-state index in [4.69, 9.17) is 9.84 Å². The van der Waals surface area contributed by atoms with Gasteiger partial charge in [-0.1, -0.05) is 0 Å². The molecule has 0 aromatic heterocycles. The Labute approximate surface area is 112 Å². The van der Waals surface area contributed by atoms with E-state index in [1.165, 1.54) is 0 Å². The second-order valence-electron chi connectivity index (χ2n) is 5.18. The van der Waals surface area contributed by atoms with Crippen LogP contribution in [-0.2, 0) is 9.53 Å². The lowest BCUT2D eigenvalue weighted by Crippen LogP contribution is -2.66. The van der Waals surface area contributed by atoms with Crippen LogP contribution in [0.25, 0.3) is 0 Å². The standard InChI is InChI=1S/C10H14F3NO4S/c1-8(2,3)18-7(17)14-4-9(5-14,6(15)16)19-10(11,12)13/h4-5H2,1-3H3,(H,15,16). The van der Waals surface area contributed by atoms with E-state index in [9.17, 15) is 22.8 Å². The van der Waals surface area contributed by atoms with Gasteiger partial charge in [0.1, 0.15) is 5.60 Å². The van der Waals surface area contributed by atoms with E-state index in [0.717, 1.165) is 4.90 Å². The van der Waals surface area contributed by atoms with E-state index in [1.807, 2.05) is 0 Å². The maximum atomic E-state index is 12.3. The highest BCUT2D eigenvalue weighted by Gasteiger charge is 2.58. The lowest BCUT2D eigenvalue weighted by molar-refractivity contribution is -0.144. The minimum absolute atomic E-state index is 0.526. The largest absolute Gasteiger partial charge is 0.480 e. The van der Waals surface area contributed by atoms with Crippen LogP contribution in [0.2, 0.25) is 0 Å². The number of carboxylic acids is 1. The Morgan fingerprint density at radius 2 is 1.74 bits per heavy atom. The number of carboxylic acid groups (broad SMARTS) is 1. The second kappa shape index (κ2) is 4.77. The lowest BCUT2D eigenvalue weighted by Gasteiger charge is -2.46. The predicted octanol–water partition coefficient (Wildman–Crippen LogP) is 2.31. The molecule has 1 fully saturated rings. The fourth-order valence-corrected chi connectivity index (χ4v) is 2.46. The number of thioether (sulfide) groups is 1. The molecule has 0 bridgehead atoms. The van der Waals surface area contributed by atoms with E-state index in [1.54, 1.807) is 20.8 Å². The van der Waals surface area contributed by atoms with E-state index < -0.39 is 52.8 Å². The molecule has 0 aliphatic carbocycles. The number of aliphatic carboxylic acids is 1. The Morgan fingerprint density at radius 1 is 1.26 bits per heavy atom. The van der Waals surface area contributed by atoms with Crippen molar-refractivity contribution in [1.29, 1.82) is 0 Å². The molecule has 1 rings (SSSR count). The van der Waals surface area contributed by atoms with Crippen molar-refractivity contribution in [3.8, 4) is 0 Å². The number of carbonyl (C=O) groups excluding carboxylic acids is 1. The van der Waals surface area contributed by atoms with Gasteiger partial charge in [-0.25, -0.2) is 4.79 Å². The highest BCUT2D eigenvalue weighted by molar-refractivity contribution is 8.02. The molecule has 110 valence electrons. The maximum absolute atomic E-state index is 12.3. The minimum atomic E-state index is -4.67. The first-order valence-electron chi connectivity index (χ1n) is 5.33. The van der Waals surface area contributed by atoms with Gasteiger partial charge in [-0.05, 0) is 32.5 Å². The van der Waals surface area contributed by atoms with Crippen LogP contribution in [0.15, 0.2) is 0 Å². The summed E-state index contributed by atoms with van der Waals surface area (Å²) in [6.45, 7) is 3.78. The van der Waals surface area contributed by atoms with Gasteiger partial charge in [-0.3, -0.25) is 4.79 Å². The van der Waals surface area contributed by atoms with Crippen LogP contribution >= 0.6 is 11.8 Å². The number of rotatable bonds is 2. The minimum Gasteiger partial charge on any atom is -0.480 e. The monoisotopic (exact) mass is 301 g/mol. The van der Waals surface area contributed by atoms with Crippen molar-refractivity contribution in [2.45, 2.75) is 36.6 Å². The molecule has 19 heavy (non-hydrogen) atoms. The molecular formula is C10H14F3NO4S. The van der Waals surface area contributed by atoms with Gasteiger partial charge in [0.2, 0.25) is 0 Å². The maximum Gasteiger partial charge on any atom is 0.443 e. The lowest BCUT2D eigenvalue weighted by atomic mass is 10.00. The van der Waals surface area contributed by atoms with Crippen molar-refractivity contribution in [3.63, 3.8) is 0 Å². The van der Waals surface area contributed by atoms with Crippen LogP contribution in [-0.4, -0.2) is 51.0 Å². The summed E-state index contributed by atoms with van der Waals surface area (Å²) in [4.78, 5) is 23.4. The summed E-state index contributed by atoms with van der Waals surface area (Å²) in [5, 5.41) is 8.88. The van der Waals surface area contributed by atoms with E-state index >= 15 is 0 Å². The highest BCUT2D eigenvalue weighted by atomic mass is 32.2.